The van der Waals surface area contributed by atoms with Crippen LogP contribution in [-0.2, 0) is 47.7 Å². The van der Waals surface area contributed by atoms with Crippen molar-refractivity contribution in [3.05, 3.63) is 40.8 Å². The molecule has 1 amide bonds. The van der Waals surface area contributed by atoms with E-state index in [1.165, 1.54) is 6.92 Å². The van der Waals surface area contributed by atoms with Crippen molar-refractivity contribution in [2.75, 3.05) is 6.61 Å². The van der Waals surface area contributed by atoms with Gasteiger partial charge in [0.05, 0.1) is 4.91 Å². The molecule has 2 aliphatic heterocycles. The molecular weight excluding hydrogens is 526 g/mol. The number of ether oxygens (including phenoxy) is 5. The zero-order chi connectivity index (χ0) is 27.3. The first-order chi connectivity index (χ1) is 17.5. The number of hydrogen-bond donors (Lipinski definition) is 0. The summed E-state index contributed by atoms with van der Waals surface area (Å²) in [6.07, 6.45) is -5.12. The van der Waals surface area contributed by atoms with E-state index in [1.807, 2.05) is 18.2 Å². The van der Waals surface area contributed by atoms with E-state index in [4.69, 9.17) is 35.9 Å². The first kappa shape index (κ1) is 28.3. The molecule has 2 heterocycles. The monoisotopic (exact) mass is 551 g/mol. The molecule has 13 heteroatoms. The third-order valence-electron chi connectivity index (χ3n) is 5.14. The molecule has 2 saturated heterocycles. The summed E-state index contributed by atoms with van der Waals surface area (Å²) in [5, 5.41) is 0. The molecule has 0 aromatic heterocycles. The SMILES string of the molecule is CC(=O)OC[C@H]1O[C@@H](N2C(=O)/C(=C/c3ccccc3)SC2=S)[C@H](OC(C)=O)[C@@H](OC(C)=O)[C@H]1OC(C)=O. The van der Waals surface area contributed by atoms with Crippen LogP contribution in [0, 0.1) is 0 Å². The minimum atomic E-state index is -1.43. The van der Waals surface area contributed by atoms with Crippen LogP contribution in [0.4, 0.5) is 0 Å². The lowest BCUT2D eigenvalue weighted by Crippen LogP contribution is -2.66. The van der Waals surface area contributed by atoms with Gasteiger partial charge in [-0.15, -0.1) is 0 Å². The van der Waals surface area contributed by atoms with Crippen LogP contribution in [0.2, 0.25) is 0 Å². The summed E-state index contributed by atoms with van der Waals surface area (Å²) in [6.45, 7) is 4.11. The Morgan fingerprint density at radius 2 is 1.49 bits per heavy atom. The highest BCUT2D eigenvalue weighted by Gasteiger charge is 2.56. The maximum absolute atomic E-state index is 13.5. The molecule has 5 atom stereocenters. The maximum Gasteiger partial charge on any atom is 0.303 e. The molecule has 1 aromatic carbocycles. The largest absolute Gasteiger partial charge is 0.463 e. The molecule has 0 spiro atoms. The average molecular weight is 552 g/mol. The van der Waals surface area contributed by atoms with Crippen molar-refractivity contribution in [2.24, 2.45) is 0 Å². The zero-order valence-electron chi connectivity index (χ0n) is 20.4. The van der Waals surface area contributed by atoms with Crippen LogP contribution in [0.3, 0.4) is 0 Å². The van der Waals surface area contributed by atoms with Gasteiger partial charge in [-0.05, 0) is 11.6 Å². The third-order valence-corrected chi connectivity index (χ3v) is 6.47. The minimum Gasteiger partial charge on any atom is -0.463 e. The van der Waals surface area contributed by atoms with Gasteiger partial charge >= 0.3 is 23.9 Å². The van der Waals surface area contributed by atoms with Crippen molar-refractivity contribution >= 4 is 64.2 Å². The number of carbonyl (C=O) groups excluding carboxylic acids is 5. The van der Waals surface area contributed by atoms with Crippen molar-refractivity contribution in [1.29, 1.82) is 0 Å². The first-order valence-corrected chi connectivity index (χ1v) is 12.3. The molecule has 0 unspecified atom stereocenters. The lowest BCUT2D eigenvalue weighted by molar-refractivity contribution is -0.268. The first-order valence-electron chi connectivity index (χ1n) is 11.1. The molecule has 37 heavy (non-hydrogen) atoms. The lowest BCUT2D eigenvalue weighted by Gasteiger charge is -2.46. The van der Waals surface area contributed by atoms with Crippen LogP contribution in [0.25, 0.3) is 6.08 Å². The van der Waals surface area contributed by atoms with Gasteiger partial charge in [0, 0.05) is 27.7 Å². The number of thiocarbonyl (C=S) groups is 1. The van der Waals surface area contributed by atoms with Gasteiger partial charge in [-0.2, -0.15) is 0 Å². The van der Waals surface area contributed by atoms with Crippen molar-refractivity contribution in [3.8, 4) is 0 Å². The Morgan fingerprint density at radius 1 is 0.919 bits per heavy atom. The molecule has 2 aliphatic rings. The third kappa shape index (κ3) is 7.14. The Bertz CT molecular complexity index is 1120. The van der Waals surface area contributed by atoms with Crippen LogP contribution in [0.15, 0.2) is 35.2 Å². The molecular formula is C24H25NO10S2. The van der Waals surface area contributed by atoms with Gasteiger partial charge < -0.3 is 23.7 Å². The highest BCUT2D eigenvalue weighted by Crippen LogP contribution is 2.39. The number of nitrogens with zero attached hydrogens (tertiary/aromatic N) is 1. The van der Waals surface area contributed by atoms with Crippen LogP contribution < -0.4 is 0 Å². The second-order valence-electron chi connectivity index (χ2n) is 8.05. The van der Waals surface area contributed by atoms with Gasteiger partial charge in [-0.1, -0.05) is 54.3 Å². The Morgan fingerprint density at radius 3 is 2.05 bits per heavy atom. The Labute approximate surface area is 222 Å². The van der Waals surface area contributed by atoms with E-state index in [1.54, 1.807) is 18.2 Å². The molecule has 11 nitrogen and oxygen atoms in total. The van der Waals surface area contributed by atoms with E-state index in [0.29, 0.717) is 0 Å². The van der Waals surface area contributed by atoms with Crippen molar-refractivity contribution in [2.45, 2.75) is 58.3 Å². The van der Waals surface area contributed by atoms with E-state index >= 15 is 0 Å². The van der Waals surface area contributed by atoms with Crippen LogP contribution in [0.1, 0.15) is 33.3 Å². The highest BCUT2D eigenvalue weighted by atomic mass is 32.2. The van der Waals surface area contributed by atoms with E-state index in [-0.39, 0.29) is 9.23 Å². The summed E-state index contributed by atoms with van der Waals surface area (Å²) >= 11 is 6.46. The van der Waals surface area contributed by atoms with E-state index < -0.39 is 67.0 Å². The molecule has 0 aliphatic carbocycles. The normalized spacial score (nSPS) is 26.5. The van der Waals surface area contributed by atoms with E-state index in [0.717, 1.165) is 43.0 Å². The number of benzene rings is 1. The summed E-state index contributed by atoms with van der Waals surface area (Å²) < 4.78 is 27.4. The van der Waals surface area contributed by atoms with Crippen LogP contribution >= 0.6 is 24.0 Å². The fourth-order valence-corrected chi connectivity index (χ4v) is 5.12. The summed E-state index contributed by atoms with van der Waals surface area (Å²) in [7, 11) is 0. The highest BCUT2D eigenvalue weighted by molar-refractivity contribution is 8.26. The summed E-state index contributed by atoms with van der Waals surface area (Å²) in [6, 6.07) is 9.07. The Hall–Kier alpha value is -3.29. The number of rotatable bonds is 7. The standard InChI is InChI=1S/C24H25NO10S2/c1-12(26)31-11-17-19(32-13(2)27)20(33-14(3)28)21(34-15(4)29)23(35-17)25-22(30)18(37-24(25)36)10-16-8-6-5-7-9-16/h5-10,17,19-21,23H,11H2,1-4H3/b18-10-/t17-,19+,20+,21-,23-/m1/s1. The minimum absolute atomic E-state index is 0.0908. The fourth-order valence-electron chi connectivity index (χ4n) is 3.81. The molecule has 0 N–H and O–H groups in total. The molecule has 0 bridgehead atoms. The van der Waals surface area contributed by atoms with Gasteiger partial charge in [0.15, 0.2) is 28.9 Å². The smallest absolute Gasteiger partial charge is 0.303 e. The summed E-state index contributed by atoms with van der Waals surface area (Å²) in [5.74, 6) is -3.50. The molecule has 198 valence electrons. The average Bonchev–Trinajstić information content (AvgIpc) is 3.07. The number of hydrogen-bond acceptors (Lipinski definition) is 12. The predicted octanol–water partition coefficient (Wildman–Crippen LogP) is 1.97. The molecule has 1 aromatic rings. The lowest BCUT2D eigenvalue weighted by atomic mass is 9.96. The predicted molar refractivity (Wildman–Crippen MR) is 133 cm³/mol. The Balaban J connectivity index is 2.05. The number of carbonyl (C=O) groups is 5. The second kappa shape index (κ2) is 12.3. The fraction of sp³-hybridized carbons (Fsp3) is 0.417. The van der Waals surface area contributed by atoms with Crippen LogP contribution in [0.5, 0.6) is 0 Å². The number of amides is 1. The number of thioether (sulfide) groups is 1. The van der Waals surface area contributed by atoms with Gasteiger partial charge in [0.1, 0.15) is 12.7 Å². The van der Waals surface area contributed by atoms with Crippen molar-refractivity contribution in [1.82, 2.24) is 4.90 Å². The molecule has 3 rings (SSSR count). The summed E-state index contributed by atoms with van der Waals surface area (Å²) in [5.41, 5.74) is 0.754. The van der Waals surface area contributed by atoms with E-state index in [2.05, 4.69) is 0 Å². The van der Waals surface area contributed by atoms with Gasteiger partial charge in [-0.3, -0.25) is 28.9 Å². The molecule has 0 radical (unpaired) electrons. The van der Waals surface area contributed by atoms with Gasteiger partial charge in [0.2, 0.25) is 0 Å². The topological polar surface area (TPSA) is 135 Å². The molecule has 0 saturated carbocycles. The second-order valence-corrected chi connectivity index (χ2v) is 9.73. The Kier molecular flexibility index (Phi) is 9.40. The zero-order valence-corrected chi connectivity index (χ0v) is 22.0. The van der Waals surface area contributed by atoms with Crippen molar-refractivity contribution < 1.29 is 47.7 Å². The van der Waals surface area contributed by atoms with Crippen LogP contribution in [-0.4, -0.2) is 76.3 Å². The van der Waals surface area contributed by atoms with Gasteiger partial charge in [0.25, 0.3) is 5.91 Å². The van der Waals surface area contributed by atoms with E-state index in [9.17, 15) is 24.0 Å². The van der Waals surface area contributed by atoms with Crippen molar-refractivity contribution in [3.63, 3.8) is 0 Å². The maximum atomic E-state index is 13.5. The quantitative estimate of drug-likeness (QED) is 0.212. The summed E-state index contributed by atoms with van der Waals surface area (Å²) in [4.78, 5) is 62.3. The number of esters is 4. The van der Waals surface area contributed by atoms with Gasteiger partial charge in [-0.25, -0.2) is 0 Å². The molecule has 2 fully saturated rings.